The number of alkyl halides is 1. The van der Waals surface area contributed by atoms with Crippen LogP contribution in [0.1, 0.15) is 38.5 Å². The number of carbonyl (C=O) groups is 2. The van der Waals surface area contributed by atoms with Gasteiger partial charge in [-0.25, -0.2) is 9.97 Å². The highest BCUT2D eigenvalue weighted by Gasteiger charge is 2.60. The zero-order chi connectivity index (χ0) is 16.8. The van der Waals surface area contributed by atoms with Crippen molar-refractivity contribution < 1.29 is 14.3 Å². The van der Waals surface area contributed by atoms with Crippen molar-refractivity contribution in [3.05, 3.63) is 18.5 Å². The minimum atomic E-state index is -0.491. The Labute approximate surface area is 145 Å². The number of ether oxygens (including phenoxy) is 1. The minimum absolute atomic E-state index is 0.202. The molecule has 6 nitrogen and oxygen atoms in total. The van der Waals surface area contributed by atoms with Gasteiger partial charge in [0, 0.05) is 17.3 Å². The van der Waals surface area contributed by atoms with Crippen LogP contribution in [0.2, 0.25) is 0 Å². The molecule has 0 aromatic carbocycles. The normalized spacial score (nSPS) is 36.4. The fourth-order valence-electron chi connectivity index (χ4n) is 5.20. The maximum absolute atomic E-state index is 12.7. The number of hydrogen-bond donors (Lipinski definition) is 1. The summed E-state index contributed by atoms with van der Waals surface area (Å²) in [6.45, 7) is -0.316. The SMILES string of the molecule is O=C(COC(=O)C12CC3CC(CC(Cl)(C3)C1)C2)Nc1ncccn1. The minimum Gasteiger partial charge on any atom is -0.455 e. The standard InChI is InChI=1S/C17H20ClN3O3/c18-17-7-11-4-12(8-17)6-16(5-11,10-17)14(23)24-9-13(22)21-15-19-2-1-3-20-15/h1-3,11-12H,4-10H2,(H,19,20,21,22). The van der Waals surface area contributed by atoms with E-state index in [1.54, 1.807) is 6.07 Å². The van der Waals surface area contributed by atoms with Crippen molar-refractivity contribution >= 4 is 29.4 Å². The Bertz CT molecular complexity index is 652. The number of amides is 1. The Morgan fingerprint density at radius 1 is 1.21 bits per heavy atom. The topological polar surface area (TPSA) is 81.2 Å². The molecule has 0 saturated heterocycles. The highest BCUT2D eigenvalue weighted by Crippen LogP contribution is 2.64. The summed E-state index contributed by atoms with van der Waals surface area (Å²) in [7, 11) is 0. The zero-order valence-corrected chi connectivity index (χ0v) is 14.1. The molecule has 128 valence electrons. The molecule has 4 aliphatic rings. The van der Waals surface area contributed by atoms with E-state index in [2.05, 4.69) is 15.3 Å². The van der Waals surface area contributed by atoms with Crippen molar-refractivity contribution in [2.24, 2.45) is 17.3 Å². The predicted octanol–water partition coefficient (Wildman–Crippen LogP) is 2.54. The summed E-state index contributed by atoms with van der Waals surface area (Å²) >= 11 is 6.73. The highest BCUT2D eigenvalue weighted by atomic mass is 35.5. The highest BCUT2D eigenvalue weighted by molar-refractivity contribution is 6.24. The van der Waals surface area contributed by atoms with Gasteiger partial charge in [0.05, 0.1) is 5.41 Å². The van der Waals surface area contributed by atoms with Crippen LogP contribution in [0.4, 0.5) is 5.95 Å². The van der Waals surface area contributed by atoms with Crippen molar-refractivity contribution in [2.45, 2.75) is 43.4 Å². The predicted molar refractivity (Wildman–Crippen MR) is 87.3 cm³/mol. The Morgan fingerprint density at radius 3 is 2.50 bits per heavy atom. The van der Waals surface area contributed by atoms with E-state index in [1.807, 2.05) is 0 Å². The summed E-state index contributed by atoms with van der Waals surface area (Å²) in [4.78, 5) is 32.2. The van der Waals surface area contributed by atoms with Crippen LogP contribution in [0.25, 0.3) is 0 Å². The van der Waals surface area contributed by atoms with E-state index in [1.165, 1.54) is 18.8 Å². The van der Waals surface area contributed by atoms with Gasteiger partial charge in [-0.15, -0.1) is 11.6 Å². The molecule has 7 heteroatoms. The van der Waals surface area contributed by atoms with E-state index in [-0.39, 0.29) is 23.4 Å². The van der Waals surface area contributed by atoms with Crippen molar-refractivity contribution in [2.75, 3.05) is 11.9 Å². The second-order valence-corrected chi connectivity index (χ2v) is 8.39. The third kappa shape index (κ3) is 2.88. The van der Waals surface area contributed by atoms with Crippen molar-refractivity contribution in [3.8, 4) is 0 Å². The lowest BCUT2D eigenvalue weighted by Gasteiger charge is -2.58. The number of rotatable bonds is 4. The number of anilines is 1. The molecular formula is C17H20ClN3O3. The number of carbonyl (C=O) groups excluding carboxylic acids is 2. The lowest BCUT2D eigenvalue weighted by Crippen LogP contribution is -2.56. The van der Waals surface area contributed by atoms with Crippen LogP contribution in [-0.2, 0) is 14.3 Å². The molecule has 2 atom stereocenters. The molecule has 1 N–H and O–H groups in total. The molecule has 4 saturated carbocycles. The molecule has 4 aliphatic carbocycles. The number of hydrogen-bond acceptors (Lipinski definition) is 5. The molecule has 0 aliphatic heterocycles. The number of esters is 1. The number of aromatic nitrogens is 2. The first-order chi connectivity index (χ1) is 11.5. The monoisotopic (exact) mass is 349 g/mol. The lowest BCUT2D eigenvalue weighted by molar-refractivity contribution is -0.171. The van der Waals surface area contributed by atoms with Gasteiger partial charge in [-0.2, -0.15) is 0 Å². The third-order valence-electron chi connectivity index (χ3n) is 5.57. The molecular weight excluding hydrogens is 330 g/mol. The molecule has 1 aromatic rings. The Kier molecular flexibility index (Phi) is 3.75. The van der Waals surface area contributed by atoms with Crippen molar-refractivity contribution in [1.82, 2.24) is 9.97 Å². The van der Waals surface area contributed by atoms with Crippen LogP contribution < -0.4 is 5.32 Å². The van der Waals surface area contributed by atoms with Crippen LogP contribution >= 0.6 is 11.6 Å². The van der Waals surface area contributed by atoms with Gasteiger partial charge < -0.3 is 4.74 Å². The van der Waals surface area contributed by atoms with Crippen LogP contribution in [0, 0.1) is 17.3 Å². The van der Waals surface area contributed by atoms with E-state index in [4.69, 9.17) is 16.3 Å². The van der Waals surface area contributed by atoms with Gasteiger partial charge in [-0.05, 0) is 56.4 Å². The molecule has 4 bridgehead atoms. The number of nitrogens with one attached hydrogen (secondary N) is 1. The first-order valence-electron chi connectivity index (χ1n) is 8.39. The summed E-state index contributed by atoms with van der Waals surface area (Å²) < 4.78 is 5.34. The molecule has 24 heavy (non-hydrogen) atoms. The number of nitrogens with zero attached hydrogens (tertiary/aromatic N) is 2. The maximum atomic E-state index is 12.7. The first-order valence-corrected chi connectivity index (χ1v) is 8.77. The van der Waals surface area contributed by atoms with Gasteiger partial charge in [0.25, 0.3) is 5.91 Å². The fraction of sp³-hybridized carbons (Fsp3) is 0.647. The van der Waals surface area contributed by atoms with E-state index < -0.39 is 11.3 Å². The summed E-state index contributed by atoms with van der Waals surface area (Å²) in [5.74, 6) is 0.532. The molecule has 0 radical (unpaired) electrons. The first kappa shape index (κ1) is 15.8. The smallest absolute Gasteiger partial charge is 0.312 e. The number of halogens is 1. The van der Waals surface area contributed by atoms with Crippen LogP contribution in [-0.4, -0.2) is 33.3 Å². The average molecular weight is 350 g/mol. The van der Waals surface area contributed by atoms with Gasteiger partial charge in [-0.1, -0.05) is 0 Å². The Hall–Kier alpha value is -1.69. The average Bonchev–Trinajstić information content (AvgIpc) is 2.51. The second-order valence-electron chi connectivity index (χ2n) is 7.59. The Balaban J connectivity index is 1.37. The van der Waals surface area contributed by atoms with E-state index in [0.29, 0.717) is 18.3 Å². The van der Waals surface area contributed by atoms with Gasteiger partial charge in [-0.3, -0.25) is 14.9 Å². The molecule has 1 heterocycles. The molecule has 2 unspecified atom stereocenters. The van der Waals surface area contributed by atoms with E-state index in [0.717, 1.165) is 25.7 Å². The largest absolute Gasteiger partial charge is 0.455 e. The third-order valence-corrected chi connectivity index (χ3v) is 6.02. The maximum Gasteiger partial charge on any atom is 0.312 e. The van der Waals surface area contributed by atoms with Crippen molar-refractivity contribution in [1.29, 1.82) is 0 Å². The van der Waals surface area contributed by atoms with Crippen LogP contribution in [0.5, 0.6) is 0 Å². The molecule has 1 aromatic heterocycles. The van der Waals surface area contributed by atoms with Gasteiger partial charge >= 0.3 is 5.97 Å². The zero-order valence-electron chi connectivity index (χ0n) is 13.3. The van der Waals surface area contributed by atoms with Crippen LogP contribution in [0.15, 0.2) is 18.5 Å². The Morgan fingerprint density at radius 2 is 1.88 bits per heavy atom. The molecule has 0 spiro atoms. The lowest BCUT2D eigenvalue weighted by atomic mass is 9.49. The summed E-state index contributed by atoms with van der Waals surface area (Å²) in [6.07, 6.45) is 8.62. The molecule has 1 amide bonds. The summed E-state index contributed by atoms with van der Waals surface area (Å²) in [5.41, 5.74) is -0.491. The van der Waals surface area contributed by atoms with E-state index in [9.17, 15) is 9.59 Å². The summed E-state index contributed by atoms with van der Waals surface area (Å²) in [6, 6.07) is 1.66. The van der Waals surface area contributed by atoms with E-state index >= 15 is 0 Å². The van der Waals surface area contributed by atoms with Crippen molar-refractivity contribution in [3.63, 3.8) is 0 Å². The van der Waals surface area contributed by atoms with Gasteiger partial charge in [0.2, 0.25) is 5.95 Å². The quantitative estimate of drug-likeness (QED) is 0.667. The molecule has 4 fully saturated rings. The fourth-order valence-corrected chi connectivity index (χ4v) is 5.89. The van der Waals surface area contributed by atoms with Crippen LogP contribution in [0.3, 0.4) is 0 Å². The van der Waals surface area contributed by atoms with Gasteiger partial charge in [0.15, 0.2) is 6.61 Å². The van der Waals surface area contributed by atoms with Gasteiger partial charge in [0.1, 0.15) is 0 Å². The molecule has 5 rings (SSSR count). The second kappa shape index (κ2) is 5.69. The summed E-state index contributed by atoms with van der Waals surface area (Å²) in [5, 5.41) is 2.51.